The first-order valence-corrected chi connectivity index (χ1v) is 5.59. The largest absolute Gasteiger partial charge is 0.387 e. The Hall–Kier alpha value is -1.09. The van der Waals surface area contributed by atoms with E-state index in [0.29, 0.717) is 6.04 Å². The highest BCUT2D eigenvalue weighted by atomic mass is 16.3. The predicted octanol–water partition coefficient (Wildman–Crippen LogP) is 2.12. The zero-order chi connectivity index (χ0) is 10.8. The van der Waals surface area contributed by atoms with Gasteiger partial charge in [0.15, 0.2) is 0 Å². The fraction of sp³-hybridized carbons (Fsp3) is 0.583. The third-order valence-corrected chi connectivity index (χ3v) is 3.08. The van der Waals surface area contributed by atoms with Gasteiger partial charge in [-0.1, -0.05) is 0 Å². The molecule has 0 bridgehead atoms. The number of aliphatic hydroxyl groups excluding tert-OH is 1. The van der Waals surface area contributed by atoms with E-state index in [0.717, 1.165) is 12.2 Å². The van der Waals surface area contributed by atoms with Crippen LogP contribution in [-0.4, -0.2) is 22.7 Å². The third kappa shape index (κ3) is 2.12. The topological polar surface area (TPSA) is 36.4 Å². The summed E-state index contributed by atoms with van der Waals surface area (Å²) >= 11 is 0. The molecule has 82 valence electrons. The van der Waals surface area contributed by atoms with Gasteiger partial charge in [-0.15, -0.1) is 0 Å². The van der Waals surface area contributed by atoms with Crippen molar-refractivity contribution in [1.82, 2.24) is 4.98 Å². The van der Waals surface area contributed by atoms with Crippen LogP contribution < -0.4 is 4.90 Å². The molecule has 1 aliphatic heterocycles. The summed E-state index contributed by atoms with van der Waals surface area (Å²) in [7, 11) is 0. The molecule has 1 aliphatic rings. The van der Waals surface area contributed by atoms with Crippen molar-refractivity contribution in [1.29, 1.82) is 0 Å². The normalized spacial score (nSPS) is 23.1. The van der Waals surface area contributed by atoms with Gasteiger partial charge in [0, 0.05) is 12.6 Å². The molecular weight excluding hydrogens is 188 g/mol. The Balaban J connectivity index is 2.16. The summed E-state index contributed by atoms with van der Waals surface area (Å²) in [4.78, 5) is 6.64. The van der Waals surface area contributed by atoms with Crippen molar-refractivity contribution in [2.45, 2.75) is 38.8 Å². The van der Waals surface area contributed by atoms with Crippen LogP contribution in [0.25, 0.3) is 0 Å². The van der Waals surface area contributed by atoms with Gasteiger partial charge >= 0.3 is 0 Å². The summed E-state index contributed by atoms with van der Waals surface area (Å²) in [5.74, 6) is 0. The molecule has 2 rings (SSSR count). The second-order valence-corrected chi connectivity index (χ2v) is 4.30. The summed E-state index contributed by atoms with van der Waals surface area (Å²) in [6, 6.07) is 4.58. The second kappa shape index (κ2) is 4.19. The molecule has 0 radical (unpaired) electrons. The minimum absolute atomic E-state index is 0.477. The number of pyridine rings is 1. The molecule has 0 aromatic carbocycles. The lowest BCUT2D eigenvalue weighted by molar-refractivity contribution is 0.194. The highest BCUT2D eigenvalue weighted by molar-refractivity contribution is 5.46. The lowest BCUT2D eigenvalue weighted by Crippen LogP contribution is -2.26. The molecule has 2 atom stereocenters. The van der Waals surface area contributed by atoms with E-state index in [4.69, 9.17) is 0 Å². The van der Waals surface area contributed by atoms with Gasteiger partial charge in [-0.3, -0.25) is 4.98 Å². The van der Waals surface area contributed by atoms with Gasteiger partial charge in [0.1, 0.15) is 0 Å². The molecule has 0 aliphatic carbocycles. The molecule has 15 heavy (non-hydrogen) atoms. The maximum atomic E-state index is 9.36. The number of rotatable bonds is 2. The zero-order valence-electron chi connectivity index (χ0n) is 9.35. The minimum Gasteiger partial charge on any atom is -0.387 e. The average Bonchev–Trinajstić information content (AvgIpc) is 2.65. The molecule has 1 N–H and O–H groups in total. The van der Waals surface area contributed by atoms with E-state index in [1.807, 2.05) is 12.3 Å². The van der Waals surface area contributed by atoms with Crippen LogP contribution in [0.1, 0.15) is 38.5 Å². The molecule has 2 heterocycles. The first kappa shape index (κ1) is 10.4. The molecule has 0 amide bonds. The molecule has 1 aromatic heterocycles. The predicted molar refractivity (Wildman–Crippen MR) is 60.9 cm³/mol. The van der Waals surface area contributed by atoms with Crippen molar-refractivity contribution in [3.05, 3.63) is 24.0 Å². The number of hydrogen-bond donors (Lipinski definition) is 1. The van der Waals surface area contributed by atoms with Crippen LogP contribution in [-0.2, 0) is 0 Å². The Labute approximate surface area is 90.8 Å². The second-order valence-electron chi connectivity index (χ2n) is 4.30. The van der Waals surface area contributed by atoms with Crippen LogP contribution in [0.5, 0.6) is 0 Å². The Morgan fingerprint density at radius 1 is 1.53 bits per heavy atom. The van der Waals surface area contributed by atoms with Crippen molar-refractivity contribution in [2.75, 3.05) is 11.4 Å². The Morgan fingerprint density at radius 3 is 2.80 bits per heavy atom. The molecule has 2 unspecified atom stereocenters. The van der Waals surface area contributed by atoms with Gasteiger partial charge in [0.25, 0.3) is 0 Å². The van der Waals surface area contributed by atoms with E-state index in [2.05, 4.69) is 22.9 Å². The van der Waals surface area contributed by atoms with E-state index in [1.165, 1.54) is 18.5 Å². The molecule has 3 nitrogen and oxygen atoms in total. The molecule has 3 heteroatoms. The fourth-order valence-corrected chi connectivity index (χ4v) is 2.13. The Kier molecular flexibility index (Phi) is 2.91. The van der Waals surface area contributed by atoms with Gasteiger partial charge < -0.3 is 10.0 Å². The first-order valence-electron chi connectivity index (χ1n) is 5.59. The highest BCUT2D eigenvalue weighted by Gasteiger charge is 2.20. The van der Waals surface area contributed by atoms with Crippen LogP contribution >= 0.6 is 0 Å². The van der Waals surface area contributed by atoms with Crippen molar-refractivity contribution in [3.8, 4) is 0 Å². The zero-order valence-corrected chi connectivity index (χ0v) is 9.35. The van der Waals surface area contributed by atoms with Crippen LogP contribution in [0, 0.1) is 0 Å². The minimum atomic E-state index is -0.477. The quantitative estimate of drug-likeness (QED) is 0.805. The Bertz CT molecular complexity index is 321. The van der Waals surface area contributed by atoms with E-state index in [1.54, 1.807) is 6.92 Å². The molecule has 1 fully saturated rings. The van der Waals surface area contributed by atoms with E-state index >= 15 is 0 Å². The number of aliphatic hydroxyl groups is 1. The lowest BCUT2D eigenvalue weighted by Gasteiger charge is -2.23. The molecule has 1 saturated heterocycles. The summed E-state index contributed by atoms with van der Waals surface area (Å²) in [6.45, 7) is 5.10. The van der Waals surface area contributed by atoms with E-state index in [9.17, 15) is 5.11 Å². The van der Waals surface area contributed by atoms with Gasteiger partial charge in [-0.05, 0) is 38.8 Å². The number of aromatic nitrogens is 1. The summed E-state index contributed by atoms with van der Waals surface area (Å²) in [5, 5.41) is 9.36. The van der Waals surface area contributed by atoms with E-state index < -0.39 is 6.10 Å². The summed E-state index contributed by atoms with van der Waals surface area (Å²) < 4.78 is 0. The van der Waals surface area contributed by atoms with Crippen LogP contribution in [0.2, 0.25) is 0 Å². The maximum Gasteiger partial charge on any atom is 0.0931 e. The van der Waals surface area contributed by atoms with Crippen molar-refractivity contribution < 1.29 is 5.11 Å². The number of hydrogen-bond acceptors (Lipinski definition) is 3. The summed E-state index contributed by atoms with van der Waals surface area (Å²) in [6.07, 6.45) is 3.91. The van der Waals surface area contributed by atoms with Crippen LogP contribution in [0.4, 0.5) is 5.69 Å². The first-order chi connectivity index (χ1) is 7.18. The van der Waals surface area contributed by atoms with Gasteiger partial charge in [-0.2, -0.15) is 0 Å². The van der Waals surface area contributed by atoms with Gasteiger partial charge in [0.2, 0.25) is 0 Å². The smallest absolute Gasteiger partial charge is 0.0931 e. The van der Waals surface area contributed by atoms with E-state index in [-0.39, 0.29) is 0 Å². The monoisotopic (exact) mass is 206 g/mol. The van der Waals surface area contributed by atoms with Gasteiger partial charge in [-0.25, -0.2) is 0 Å². The fourth-order valence-electron chi connectivity index (χ4n) is 2.13. The van der Waals surface area contributed by atoms with Crippen molar-refractivity contribution in [3.63, 3.8) is 0 Å². The molecule has 1 aromatic rings. The number of nitrogens with zero attached hydrogens (tertiary/aromatic N) is 2. The van der Waals surface area contributed by atoms with Crippen molar-refractivity contribution >= 4 is 5.69 Å². The maximum absolute atomic E-state index is 9.36. The average molecular weight is 206 g/mol. The highest BCUT2D eigenvalue weighted by Crippen LogP contribution is 2.25. The molecule has 0 spiro atoms. The van der Waals surface area contributed by atoms with Crippen LogP contribution in [0.3, 0.4) is 0 Å². The van der Waals surface area contributed by atoms with Crippen LogP contribution in [0.15, 0.2) is 18.3 Å². The van der Waals surface area contributed by atoms with Crippen molar-refractivity contribution in [2.24, 2.45) is 0 Å². The SMILES string of the molecule is CC(O)c1ccc(N2CCCC2C)cn1. The number of anilines is 1. The van der Waals surface area contributed by atoms with Gasteiger partial charge in [0.05, 0.1) is 23.7 Å². The third-order valence-electron chi connectivity index (χ3n) is 3.08. The molecule has 0 saturated carbocycles. The molecular formula is C12H18N2O. The summed E-state index contributed by atoms with van der Waals surface area (Å²) in [5.41, 5.74) is 1.91. The lowest BCUT2D eigenvalue weighted by atomic mass is 10.2. The Morgan fingerprint density at radius 2 is 2.33 bits per heavy atom. The standard InChI is InChI=1S/C12H18N2O/c1-9-4-3-7-14(9)11-5-6-12(10(2)15)13-8-11/h5-6,8-10,15H,3-4,7H2,1-2H3.